The number of benzene rings is 1. The third-order valence-corrected chi connectivity index (χ3v) is 3.76. The zero-order valence-electron chi connectivity index (χ0n) is 11.1. The minimum absolute atomic E-state index is 0.535. The van der Waals surface area contributed by atoms with Gasteiger partial charge in [-0.2, -0.15) is 0 Å². The molecule has 0 unspecified atom stereocenters. The van der Waals surface area contributed by atoms with Crippen molar-refractivity contribution in [2.75, 3.05) is 13.7 Å². The molecule has 0 aliphatic carbocycles. The van der Waals surface area contributed by atoms with Crippen LogP contribution in [-0.4, -0.2) is 18.7 Å². The number of ether oxygens (including phenoxy) is 2. The number of rotatable bonds is 6. The van der Waals surface area contributed by atoms with Gasteiger partial charge in [0.25, 0.3) is 0 Å². The molecule has 0 atom stereocenters. The number of aromatic nitrogens is 1. The zero-order chi connectivity index (χ0) is 14.4. The smallest absolute Gasteiger partial charge is 0.179 e. The maximum atomic E-state index is 6.24. The van der Waals surface area contributed by atoms with Crippen LogP contribution in [0, 0.1) is 0 Å². The Morgan fingerprint density at radius 3 is 2.60 bits per heavy atom. The number of hydrogen-bond acceptors (Lipinski definition) is 3. The molecule has 1 heterocycles. The Morgan fingerprint density at radius 2 is 1.95 bits per heavy atom. The molecule has 106 valence electrons. The van der Waals surface area contributed by atoms with E-state index in [4.69, 9.17) is 21.1 Å². The van der Waals surface area contributed by atoms with Gasteiger partial charge in [0.2, 0.25) is 0 Å². The minimum atomic E-state index is 0.535. The van der Waals surface area contributed by atoms with Gasteiger partial charge in [-0.25, -0.2) is 0 Å². The van der Waals surface area contributed by atoms with Crippen molar-refractivity contribution in [2.24, 2.45) is 0 Å². The molecule has 0 bridgehead atoms. The maximum Gasteiger partial charge on any atom is 0.179 e. The molecule has 0 spiro atoms. The lowest BCUT2D eigenvalue weighted by Gasteiger charge is -2.13. The van der Waals surface area contributed by atoms with Crippen LogP contribution in [0.2, 0.25) is 5.02 Å². The Kier molecular flexibility index (Phi) is 5.68. The second-order valence-corrected chi connectivity index (χ2v) is 5.16. The molecule has 20 heavy (non-hydrogen) atoms. The second kappa shape index (κ2) is 7.50. The van der Waals surface area contributed by atoms with Gasteiger partial charge in [-0.1, -0.05) is 27.5 Å². The molecule has 2 aromatic rings. The molecule has 0 radical (unpaired) electrons. The SMILES string of the molecule is COc1cc(CBr)cc(Cl)c1OCCc1ccncc1. The van der Waals surface area contributed by atoms with Crippen molar-refractivity contribution in [2.45, 2.75) is 11.8 Å². The molecule has 0 aliphatic rings. The molecule has 1 aromatic heterocycles. The van der Waals surface area contributed by atoms with E-state index in [0.29, 0.717) is 23.1 Å². The standard InChI is InChI=1S/C15H15BrClNO2/c1-19-14-9-12(10-16)8-13(17)15(14)20-7-4-11-2-5-18-6-3-11/h2-3,5-6,8-9H,4,7,10H2,1H3. The topological polar surface area (TPSA) is 31.4 Å². The van der Waals surface area contributed by atoms with E-state index in [2.05, 4.69) is 20.9 Å². The van der Waals surface area contributed by atoms with E-state index in [-0.39, 0.29) is 0 Å². The average Bonchev–Trinajstić information content (AvgIpc) is 2.49. The Bertz CT molecular complexity index is 563. The molecule has 0 amide bonds. The van der Waals surface area contributed by atoms with E-state index >= 15 is 0 Å². The Labute approximate surface area is 132 Å². The van der Waals surface area contributed by atoms with Gasteiger partial charge < -0.3 is 9.47 Å². The third-order valence-electron chi connectivity index (χ3n) is 2.83. The molecular weight excluding hydrogens is 342 g/mol. The molecule has 0 saturated heterocycles. The molecule has 0 saturated carbocycles. The third kappa shape index (κ3) is 3.87. The van der Waals surface area contributed by atoms with E-state index in [1.54, 1.807) is 19.5 Å². The second-order valence-electron chi connectivity index (χ2n) is 4.20. The van der Waals surface area contributed by atoms with Crippen molar-refractivity contribution in [1.82, 2.24) is 4.98 Å². The number of pyridine rings is 1. The summed E-state index contributed by atoms with van der Waals surface area (Å²) in [6, 6.07) is 7.73. The van der Waals surface area contributed by atoms with Gasteiger partial charge in [-0.05, 0) is 35.4 Å². The highest BCUT2D eigenvalue weighted by Gasteiger charge is 2.11. The number of nitrogens with zero attached hydrogens (tertiary/aromatic N) is 1. The lowest BCUT2D eigenvalue weighted by molar-refractivity contribution is 0.297. The summed E-state index contributed by atoms with van der Waals surface area (Å²) in [6.07, 6.45) is 4.34. The Hall–Kier alpha value is -1.26. The van der Waals surface area contributed by atoms with E-state index in [1.165, 1.54) is 5.56 Å². The van der Waals surface area contributed by atoms with Crippen LogP contribution in [-0.2, 0) is 11.8 Å². The van der Waals surface area contributed by atoms with Crippen LogP contribution in [0.1, 0.15) is 11.1 Å². The number of hydrogen-bond donors (Lipinski definition) is 0. The molecule has 0 N–H and O–H groups in total. The van der Waals surface area contributed by atoms with Crippen molar-refractivity contribution in [1.29, 1.82) is 0 Å². The first-order chi connectivity index (χ1) is 9.74. The first-order valence-corrected chi connectivity index (χ1v) is 7.68. The summed E-state index contributed by atoms with van der Waals surface area (Å²) in [5.74, 6) is 1.25. The molecule has 5 heteroatoms. The molecule has 1 aromatic carbocycles. The summed E-state index contributed by atoms with van der Waals surface area (Å²) < 4.78 is 11.1. The van der Waals surface area contributed by atoms with Crippen molar-refractivity contribution >= 4 is 27.5 Å². The average molecular weight is 357 g/mol. The quantitative estimate of drug-likeness (QED) is 0.725. The summed E-state index contributed by atoms with van der Waals surface area (Å²) in [4.78, 5) is 3.99. The fourth-order valence-corrected chi connectivity index (χ4v) is 2.42. The number of methoxy groups -OCH3 is 1. The van der Waals surface area contributed by atoms with Crippen LogP contribution in [0.3, 0.4) is 0 Å². The van der Waals surface area contributed by atoms with Gasteiger partial charge >= 0.3 is 0 Å². The van der Waals surface area contributed by atoms with Crippen molar-refractivity contribution in [3.8, 4) is 11.5 Å². The molecular formula is C15H15BrClNO2. The summed E-state index contributed by atoms with van der Waals surface area (Å²) >= 11 is 9.64. The van der Waals surface area contributed by atoms with E-state index < -0.39 is 0 Å². The maximum absolute atomic E-state index is 6.24. The lowest BCUT2D eigenvalue weighted by atomic mass is 10.2. The van der Waals surface area contributed by atoms with Gasteiger partial charge in [-0.15, -0.1) is 0 Å². The molecule has 3 nitrogen and oxygen atoms in total. The van der Waals surface area contributed by atoms with E-state index in [1.807, 2.05) is 24.3 Å². The van der Waals surface area contributed by atoms with Gasteiger partial charge in [0, 0.05) is 24.1 Å². The van der Waals surface area contributed by atoms with Gasteiger partial charge in [0.1, 0.15) is 0 Å². The van der Waals surface area contributed by atoms with E-state index in [9.17, 15) is 0 Å². The van der Waals surface area contributed by atoms with Crippen LogP contribution in [0.5, 0.6) is 11.5 Å². The lowest BCUT2D eigenvalue weighted by Crippen LogP contribution is -2.03. The van der Waals surface area contributed by atoms with Gasteiger partial charge in [-0.3, -0.25) is 4.98 Å². The Morgan fingerprint density at radius 1 is 1.20 bits per heavy atom. The fraction of sp³-hybridized carbons (Fsp3) is 0.267. The van der Waals surface area contributed by atoms with Gasteiger partial charge in [0.05, 0.1) is 18.7 Å². The highest BCUT2D eigenvalue weighted by molar-refractivity contribution is 9.08. The van der Waals surface area contributed by atoms with Crippen molar-refractivity contribution in [3.05, 3.63) is 52.8 Å². The summed E-state index contributed by atoms with van der Waals surface area (Å²) in [7, 11) is 1.61. The van der Waals surface area contributed by atoms with Gasteiger partial charge in [0.15, 0.2) is 11.5 Å². The zero-order valence-corrected chi connectivity index (χ0v) is 13.4. The normalized spacial score (nSPS) is 10.3. The Balaban J connectivity index is 2.05. The summed E-state index contributed by atoms with van der Waals surface area (Å²) in [5, 5.41) is 1.29. The molecule has 2 rings (SSSR count). The fourth-order valence-electron chi connectivity index (χ4n) is 1.81. The van der Waals surface area contributed by atoms with Crippen LogP contribution >= 0.6 is 27.5 Å². The molecule has 0 aliphatic heterocycles. The van der Waals surface area contributed by atoms with Crippen LogP contribution in [0.25, 0.3) is 0 Å². The van der Waals surface area contributed by atoms with Crippen molar-refractivity contribution in [3.63, 3.8) is 0 Å². The highest BCUT2D eigenvalue weighted by atomic mass is 79.9. The van der Waals surface area contributed by atoms with E-state index in [0.717, 1.165) is 17.3 Å². The van der Waals surface area contributed by atoms with Crippen LogP contribution in [0.4, 0.5) is 0 Å². The highest BCUT2D eigenvalue weighted by Crippen LogP contribution is 2.37. The summed E-state index contributed by atoms with van der Waals surface area (Å²) in [6.45, 7) is 0.535. The minimum Gasteiger partial charge on any atom is -0.493 e. The monoisotopic (exact) mass is 355 g/mol. The number of halogens is 2. The predicted octanol–water partition coefficient (Wildman–Crippen LogP) is 4.26. The van der Waals surface area contributed by atoms with Crippen LogP contribution in [0.15, 0.2) is 36.7 Å². The first kappa shape index (κ1) is 15.1. The molecule has 0 fully saturated rings. The number of alkyl halides is 1. The predicted molar refractivity (Wildman–Crippen MR) is 84.1 cm³/mol. The largest absolute Gasteiger partial charge is 0.493 e. The summed E-state index contributed by atoms with van der Waals surface area (Å²) in [5.41, 5.74) is 2.22. The van der Waals surface area contributed by atoms with Crippen LogP contribution < -0.4 is 9.47 Å². The first-order valence-electron chi connectivity index (χ1n) is 6.18. The van der Waals surface area contributed by atoms with Crippen molar-refractivity contribution < 1.29 is 9.47 Å².